The molecule has 3 nitrogen and oxygen atoms in total. The van der Waals surface area contributed by atoms with Crippen molar-refractivity contribution in [2.45, 2.75) is 25.8 Å². The number of rotatable bonds is 3. The molecule has 0 heterocycles. The summed E-state index contributed by atoms with van der Waals surface area (Å²) in [4.78, 5) is 11.7. The molecule has 0 fully saturated rings. The van der Waals surface area contributed by atoms with Crippen molar-refractivity contribution in [3.63, 3.8) is 0 Å². The van der Waals surface area contributed by atoms with E-state index in [-0.39, 0.29) is 5.91 Å². The fraction of sp³-hybridized carbons (Fsp3) is 0.364. The Hall–Kier alpha value is -0.870. The molecule has 0 bridgehead atoms. The Kier molecular flexibility index (Phi) is 3.88. The van der Waals surface area contributed by atoms with Gasteiger partial charge in [0.25, 0.3) is 0 Å². The molecule has 0 aliphatic heterocycles. The van der Waals surface area contributed by atoms with Gasteiger partial charge in [0.15, 0.2) is 0 Å². The molecule has 0 aliphatic rings. The lowest BCUT2D eigenvalue weighted by Gasteiger charge is -2.21. The zero-order valence-electron chi connectivity index (χ0n) is 8.88. The molecule has 0 radical (unpaired) electrons. The van der Waals surface area contributed by atoms with Crippen molar-refractivity contribution in [3.05, 3.63) is 28.7 Å². The normalized spacial score (nSPS) is 14.4. The van der Waals surface area contributed by atoms with Crippen LogP contribution in [0.4, 0.5) is 5.69 Å². The van der Waals surface area contributed by atoms with E-state index in [1.807, 2.05) is 31.2 Å². The fourth-order valence-corrected chi connectivity index (χ4v) is 1.40. The van der Waals surface area contributed by atoms with E-state index in [0.717, 1.165) is 10.2 Å². The summed E-state index contributed by atoms with van der Waals surface area (Å²) in [7, 11) is 0. The minimum atomic E-state index is -0.817. The Morgan fingerprint density at radius 2 is 2.27 bits per heavy atom. The summed E-state index contributed by atoms with van der Waals surface area (Å²) in [6.45, 7) is 3.61. The minimum absolute atomic E-state index is 0.164. The molecule has 1 aromatic carbocycles. The van der Waals surface area contributed by atoms with Gasteiger partial charge in [-0.1, -0.05) is 28.9 Å². The van der Waals surface area contributed by atoms with Gasteiger partial charge in [-0.15, -0.1) is 0 Å². The summed E-state index contributed by atoms with van der Waals surface area (Å²) in [5.74, 6) is -0.164. The molecule has 0 aliphatic carbocycles. The molecule has 1 aromatic rings. The molecule has 3 N–H and O–H groups in total. The van der Waals surface area contributed by atoms with Crippen LogP contribution in [-0.2, 0) is 4.79 Å². The first kappa shape index (κ1) is 12.2. The van der Waals surface area contributed by atoms with Gasteiger partial charge in [0.1, 0.15) is 0 Å². The number of hydrogen-bond donors (Lipinski definition) is 2. The van der Waals surface area contributed by atoms with Gasteiger partial charge in [-0.05, 0) is 31.5 Å². The molecule has 4 heteroatoms. The molecule has 15 heavy (non-hydrogen) atoms. The van der Waals surface area contributed by atoms with Gasteiger partial charge in [-0.25, -0.2) is 0 Å². The van der Waals surface area contributed by atoms with Gasteiger partial charge in [0, 0.05) is 10.2 Å². The highest BCUT2D eigenvalue weighted by Crippen LogP contribution is 2.17. The van der Waals surface area contributed by atoms with Crippen LogP contribution >= 0.6 is 15.9 Å². The smallest absolute Gasteiger partial charge is 0.244 e. The lowest BCUT2D eigenvalue weighted by atomic mass is 9.99. The molecule has 1 amide bonds. The van der Waals surface area contributed by atoms with Crippen LogP contribution in [0.5, 0.6) is 0 Å². The van der Waals surface area contributed by atoms with E-state index in [2.05, 4.69) is 21.2 Å². The third-order valence-corrected chi connectivity index (χ3v) is 2.83. The lowest BCUT2D eigenvalue weighted by Crippen LogP contribution is -2.47. The second-order valence-corrected chi connectivity index (χ2v) is 4.65. The van der Waals surface area contributed by atoms with Crippen molar-refractivity contribution in [2.75, 3.05) is 5.32 Å². The van der Waals surface area contributed by atoms with E-state index in [1.165, 1.54) is 0 Å². The fourth-order valence-electron chi connectivity index (χ4n) is 1.00. The van der Waals surface area contributed by atoms with Crippen LogP contribution in [0, 0.1) is 0 Å². The maximum Gasteiger partial charge on any atom is 0.244 e. The second-order valence-electron chi connectivity index (χ2n) is 3.74. The zero-order chi connectivity index (χ0) is 11.5. The van der Waals surface area contributed by atoms with Gasteiger partial charge >= 0.3 is 0 Å². The quantitative estimate of drug-likeness (QED) is 0.887. The molecule has 0 saturated carbocycles. The summed E-state index contributed by atoms with van der Waals surface area (Å²) < 4.78 is 0.926. The average molecular weight is 271 g/mol. The summed E-state index contributed by atoms with van der Waals surface area (Å²) in [5.41, 5.74) is 5.75. The van der Waals surface area contributed by atoms with Crippen LogP contribution in [0.25, 0.3) is 0 Å². The summed E-state index contributed by atoms with van der Waals surface area (Å²) >= 11 is 3.34. The first-order valence-electron chi connectivity index (χ1n) is 4.81. The van der Waals surface area contributed by atoms with Gasteiger partial charge in [-0.3, -0.25) is 4.79 Å². The van der Waals surface area contributed by atoms with E-state index in [0.29, 0.717) is 6.42 Å². The third kappa shape index (κ3) is 3.32. The first-order valence-corrected chi connectivity index (χ1v) is 5.61. The maximum absolute atomic E-state index is 11.7. The number of anilines is 1. The average Bonchev–Trinajstić information content (AvgIpc) is 2.17. The van der Waals surface area contributed by atoms with Gasteiger partial charge < -0.3 is 11.1 Å². The molecule has 1 rings (SSSR count). The molecule has 1 atom stereocenters. The van der Waals surface area contributed by atoms with Crippen LogP contribution in [0.15, 0.2) is 28.7 Å². The molecule has 0 saturated heterocycles. The van der Waals surface area contributed by atoms with E-state index in [1.54, 1.807) is 6.92 Å². The Morgan fingerprint density at radius 3 is 2.80 bits per heavy atom. The zero-order valence-corrected chi connectivity index (χ0v) is 10.5. The van der Waals surface area contributed by atoms with Crippen molar-refractivity contribution < 1.29 is 4.79 Å². The SMILES string of the molecule is CCC(C)(N)C(=O)Nc1cccc(Br)c1. The standard InChI is InChI=1S/C11H15BrN2O/c1-3-11(2,13)10(15)14-9-6-4-5-8(12)7-9/h4-7H,3,13H2,1-2H3,(H,14,15). The summed E-state index contributed by atoms with van der Waals surface area (Å²) in [6.07, 6.45) is 0.604. The van der Waals surface area contributed by atoms with Crippen molar-refractivity contribution in [2.24, 2.45) is 5.73 Å². The molecule has 1 unspecified atom stereocenters. The summed E-state index contributed by atoms with van der Waals surface area (Å²) in [6, 6.07) is 7.43. The monoisotopic (exact) mass is 270 g/mol. The first-order chi connectivity index (χ1) is 6.95. The number of nitrogens with one attached hydrogen (secondary N) is 1. The van der Waals surface area contributed by atoms with Crippen LogP contribution < -0.4 is 11.1 Å². The topological polar surface area (TPSA) is 55.1 Å². The number of nitrogens with two attached hydrogens (primary N) is 1. The van der Waals surface area contributed by atoms with E-state index in [9.17, 15) is 4.79 Å². The predicted octanol–water partition coefficient (Wildman–Crippen LogP) is 2.52. The molecule has 0 aromatic heterocycles. The number of benzene rings is 1. The maximum atomic E-state index is 11.7. The number of hydrogen-bond acceptors (Lipinski definition) is 2. The minimum Gasteiger partial charge on any atom is -0.324 e. The number of amides is 1. The van der Waals surface area contributed by atoms with E-state index in [4.69, 9.17) is 5.73 Å². The number of halogens is 1. The summed E-state index contributed by atoms with van der Waals surface area (Å²) in [5, 5.41) is 2.78. The largest absolute Gasteiger partial charge is 0.324 e. The van der Waals surface area contributed by atoms with Gasteiger partial charge in [0.2, 0.25) is 5.91 Å². The number of carbonyl (C=O) groups excluding carboxylic acids is 1. The Balaban J connectivity index is 2.75. The lowest BCUT2D eigenvalue weighted by molar-refractivity contribution is -0.120. The van der Waals surface area contributed by atoms with Crippen molar-refractivity contribution >= 4 is 27.5 Å². The van der Waals surface area contributed by atoms with E-state index >= 15 is 0 Å². The second kappa shape index (κ2) is 4.77. The predicted molar refractivity (Wildman–Crippen MR) is 65.7 cm³/mol. The Morgan fingerprint density at radius 1 is 1.60 bits per heavy atom. The number of carbonyl (C=O) groups is 1. The van der Waals surface area contributed by atoms with E-state index < -0.39 is 5.54 Å². The van der Waals surface area contributed by atoms with Crippen LogP contribution in [0.2, 0.25) is 0 Å². The Bertz CT molecular complexity index is 363. The molecular formula is C11H15BrN2O. The van der Waals surface area contributed by atoms with Crippen molar-refractivity contribution in [1.29, 1.82) is 0 Å². The highest BCUT2D eigenvalue weighted by molar-refractivity contribution is 9.10. The van der Waals surface area contributed by atoms with Gasteiger partial charge in [0.05, 0.1) is 5.54 Å². The van der Waals surface area contributed by atoms with Crippen molar-refractivity contribution in [3.8, 4) is 0 Å². The van der Waals surface area contributed by atoms with Crippen molar-refractivity contribution in [1.82, 2.24) is 0 Å². The third-order valence-electron chi connectivity index (χ3n) is 2.34. The van der Waals surface area contributed by atoms with Gasteiger partial charge in [-0.2, -0.15) is 0 Å². The molecule has 82 valence electrons. The van der Waals surface area contributed by atoms with Crippen LogP contribution in [-0.4, -0.2) is 11.4 Å². The highest BCUT2D eigenvalue weighted by atomic mass is 79.9. The van der Waals surface area contributed by atoms with Crippen LogP contribution in [0.1, 0.15) is 20.3 Å². The Labute approximate surface area is 98.2 Å². The van der Waals surface area contributed by atoms with Crippen LogP contribution in [0.3, 0.4) is 0 Å². The highest BCUT2D eigenvalue weighted by Gasteiger charge is 2.25. The molecule has 0 spiro atoms. The molecular weight excluding hydrogens is 256 g/mol.